The van der Waals surface area contributed by atoms with Gasteiger partial charge in [-0.1, -0.05) is 12.1 Å². The van der Waals surface area contributed by atoms with Gasteiger partial charge in [-0.3, -0.25) is 4.79 Å². The van der Waals surface area contributed by atoms with Gasteiger partial charge < -0.3 is 15.5 Å². The van der Waals surface area contributed by atoms with Crippen molar-refractivity contribution in [1.29, 1.82) is 0 Å². The number of nitrogens with two attached hydrogens (primary N) is 1. The zero-order valence-corrected chi connectivity index (χ0v) is 14.4. The van der Waals surface area contributed by atoms with E-state index in [-0.39, 0.29) is 30.7 Å². The Morgan fingerprint density at radius 1 is 1.33 bits per heavy atom. The topological polar surface area (TPSA) is 49.6 Å². The minimum absolute atomic E-state index is 0. The SMILES string of the molecule is CC1CC(N(C)C(=O)c2ccccc2N)CCN1C.Cl.Cl. The molecule has 2 rings (SSSR count). The molecule has 1 aliphatic heterocycles. The van der Waals surface area contributed by atoms with Crippen molar-refractivity contribution in [3.63, 3.8) is 0 Å². The molecule has 1 amide bonds. The van der Waals surface area contributed by atoms with Crippen LogP contribution in [0.2, 0.25) is 0 Å². The van der Waals surface area contributed by atoms with E-state index in [9.17, 15) is 4.79 Å². The molecule has 0 radical (unpaired) electrons. The number of para-hydroxylation sites is 1. The number of likely N-dealkylation sites (tertiary alicyclic amines) is 1. The fourth-order valence-corrected chi connectivity index (χ4v) is 2.66. The van der Waals surface area contributed by atoms with E-state index in [0.717, 1.165) is 19.4 Å². The summed E-state index contributed by atoms with van der Waals surface area (Å²) < 4.78 is 0. The first-order chi connectivity index (χ1) is 9.00. The number of piperidine rings is 1. The highest BCUT2D eigenvalue weighted by atomic mass is 35.5. The predicted molar refractivity (Wildman–Crippen MR) is 92.6 cm³/mol. The lowest BCUT2D eigenvalue weighted by atomic mass is 9.97. The van der Waals surface area contributed by atoms with E-state index in [1.165, 1.54) is 0 Å². The maximum absolute atomic E-state index is 12.5. The fourth-order valence-electron chi connectivity index (χ4n) is 2.66. The maximum atomic E-state index is 12.5. The molecule has 4 nitrogen and oxygen atoms in total. The van der Waals surface area contributed by atoms with Crippen LogP contribution in [0.1, 0.15) is 30.1 Å². The Kier molecular flexibility index (Phi) is 8.08. The molecule has 1 heterocycles. The highest BCUT2D eigenvalue weighted by Crippen LogP contribution is 2.22. The Labute approximate surface area is 139 Å². The number of rotatable bonds is 2. The van der Waals surface area contributed by atoms with E-state index >= 15 is 0 Å². The van der Waals surface area contributed by atoms with Crippen molar-refractivity contribution in [1.82, 2.24) is 9.80 Å². The summed E-state index contributed by atoms with van der Waals surface area (Å²) in [6.45, 7) is 3.25. The average Bonchev–Trinajstić information content (AvgIpc) is 2.41. The van der Waals surface area contributed by atoms with E-state index in [2.05, 4.69) is 18.9 Å². The molecule has 2 N–H and O–H groups in total. The molecule has 21 heavy (non-hydrogen) atoms. The summed E-state index contributed by atoms with van der Waals surface area (Å²) in [4.78, 5) is 16.7. The van der Waals surface area contributed by atoms with Crippen LogP contribution in [0.15, 0.2) is 24.3 Å². The Hall–Kier alpha value is -0.970. The van der Waals surface area contributed by atoms with E-state index in [0.29, 0.717) is 23.3 Å². The van der Waals surface area contributed by atoms with Gasteiger partial charge in [-0.05, 0) is 38.9 Å². The van der Waals surface area contributed by atoms with Crippen LogP contribution in [-0.4, -0.2) is 48.4 Å². The first-order valence-electron chi connectivity index (χ1n) is 6.82. The van der Waals surface area contributed by atoms with Crippen molar-refractivity contribution >= 4 is 36.4 Å². The summed E-state index contributed by atoms with van der Waals surface area (Å²) in [6.07, 6.45) is 2.04. The van der Waals surface area contributed by atoms with Crippen LogP contribution in [0.25, 0.3) is 0 Å². The molecular formula is C15H25Cl2N3O. The molecular weight excluding hydrogens is 309 g/mol. The second-order valence-corrected chi connectivity index (χ2v) is 5.51. The van der Waals surface area contributed by atoms with E-state index in [1.54, 1.807) is 12.1 Å². The molecule has 120 valence electrons. The zero-order chi connectivity index (χ0) is 14.0. The number of hydrogen-bond donors (Lipinski definition) is 1. The van der Waals surface area contributed by atoms with Gasteiger partial charge in [-0.15, -0.1) is 24.8 Å². The van der Waals surface area contributed by atoms with Crippen LogP contribution in [0, 0.1) is 0 Å². The monoisotopic (exact) mass is 333 g/mol. The number of amides is 1. The number of hydrogen-bond acceptors (Lipinski definition) is 3. The van der Waals surface area contributed by atoms with E-state index in [1.807, 2.05) is 24.1 Å². The number of nitrogen functional groups attached to an aromatic ring is 1. The summed E-state index contributed by atoms with van der Waals surface area (Å²) in [7, 11) is 4.02. The first kappa shape index (κ1) is 20.0. The molecule has 0 saturated carbocycles. The highest BCUT2D eigenvalue weighted by molar-refractivity contribution is 5.99. The quantitative estimate of drug-likeness (QED) is 0.846. The molecule has 1 aromatic rings. The Morgan fingerprint density at radius 3 is 2.52 bits per heavy atom. The zero-order valence-electron chi connectivity index (χ0n) is 12.8. The molecule has 6 heteroatoms. The number of nitrogens with zero attached hydrogens (tertiary/aromatic N) is 2. The summed E-state index contributed by atoms with van der Waals surface area (Å²) in [5.74, 6) is 0.0276. The highest BCUT2D eigenvalue weighted by Gasteiger charge is 2.28. The van der Waals surface area contributed by atoms with Crippen molar-refractivity contribution in [3.8, 4) is 0 Å². The minimum Gasteiger partial charge on any atom is -0.398 e. The standard InChI is InChI=1S/C15H23N3O.2ClH/c1-11-10-12(8-9-17(11)2)18(3)15(19)13-6-4-5-7-14(13)16;;/h4-7,11-12H,8-10,16H2,1-3H3;2*1H. The maximum Gasteiger partial charge on any atom is 0.255 e. The number of benzene rings is 1. The number of carbonyl (C=O) groups is 1. The Morgan fingerprint density at radius 2 is 1.95 bits per heavy atom. The molecule has 1 saturated heterocycles. The molecule has 0 aromatic heterocycles. The lowest BCUT2D eigenvalue weighted by Crippen LogP contribution is -2.48. The van der Waals surface area contributed by atoms with Crippen molar-refractivity contribution in [2.24, 2.45) is 0 Å². The second-order valence-electron chi connectivity index (χ2n) is 5.51. The molecule has 0 spiro atoms. The van der Waals surface area contributed by atoms with Gasteiger partial charge >= 0.3 is 0 Å². The van der Waals surface area contributed by atoms with Gasteiger partial charge in [0.2, 0.25) is 0 Å². The number of carbonyl (C=O) groups excluding carboxylic acids is 1. The van der Waals surface area contributed by atoms with Gasteiger partial charge in [0.05, 0.1) is 5.56 Å². The van der Waals surface area contributed by atoms with Gasteiger partial charge in [0.1, 0.15) is 0 Å². The molecule has 2 atom stereocenters. The van der Waals surface area contributed by atoms with Crippen LogP contribution in [0.4, 0.5) is 5.69 Å². The van der Waals surface area contributed by atoms with Crippen molar-refractivity contribution < 1.29 is 4.79 Å². The first-order valence-corrected chi connectivity index (χ1v) is 6.82. The van der Waals surface area contributed by atoms with Gasteiger partial charge in [0.25, 0.3) is 5.91 Å². The Balaban J connectivity index is 0.00000200. The molecule has 0 bridgehead atoms. The second kappa shape index (κ2) is 8.47. The van der Waals surface area contributed by atoms with Crippen LogP contribution in [0.5, 0.6) is 0 Å². The summed E-state index contributed by atoms with van der Waals surface area (Å²) in [5.41, 5.74) is 7.05. The smallest absolute Gasteiger partial charge is 0.255 e. The lowest BCUT2D eigenvalue weighted by Gasteiger charge is -2.39. The molecule has 0 aliphatic carbocycles. The summed E-state index contributed by atoms with van der Waals surface area (Å²) in [5, 5.41) is 0. The summed E-state index contributed by atoms with van der Waals surface area (Å²) in [6, 6.07) is 8.10. The van der Waals surface area contributed by atoms with Crippen LogP contribution in [0.3, 0.4) is 0 Å². The Bertz CT molecular complexity index is 470. The average molecular weight is 334 g/mol. The number of anilines is 1. The molecule has 2 unspecified atom stereocenters. The van der Waals surface area contributed by atoms with Gasteiger partial charge in [-0.2, -0.15) is 0 Å². The third-order valence-corrected chi connectivity index (χ3v) is 4.24. The molecule has 1 fully saturated rings. The van der Waals surface area contributed by atoms with Crippen LogP contribution in [-0.2, 0) is 0 Å². The van der Waals surface area contributed by atoms with Gasteiger partial charge in [0, 0.05) is 31.4 Å². The van der Waals surface area contributed by atoms with Crippen molar-refractivity contribution in [2.75, 3.05) is 26.4 Å². The molecule has 1 aliphatic rings. The van der Waals surface area contributed by atoms with Crippen molar-refractivity contribution in [2.45, 2.75) is 31.8 Å². The van der Waals surface area contributed by atoms with E-state index in [4.69, 9.17) is 5.73 Å². The third kappa shape index (κ3) is 4.50. The van der Waals surface area contributed by atoms with Gasteiger partial charge in [0.15, 0.2) is 0 Å². The largest absolute Gasteiger partial charge is 0.398 e. The number of halogens is 2. The summed E-state index contributed by atoms with van der Waals surface area (Å²) >= 11 is 0. The fraction of sp³-hybridized carbons (Fsp3) is 0.533. The van der Waals surface area contributed by atoms with Crippen LogP contribution >= 0.6 is 24.8 Å². The van der Waals surface area contributed by atoms with Crippen molar-refractivity contribution in [3.05, 3.63) is 29.8 Å². The van der Waals surface area contributed by atoms with Gasteiger partial charge in [-0.25, -0.2) is 0 Å². The normalized spacial score (nSPS) is 21.9. The lowest BCUT2D eigenvalue weighted by molar-refractivity contribution is 0.0599. The third-order valence-electron chi connectivity index (χ3n) is 4.24. The predicted octanol–water partition coefficient (Wildman–Crippen LogP) is 2.67. The van der Waals surface area contributed by atoms with Crippen LogP contribution < -0.4 is 5.73 Å². The molecule has 1 aromatic carbocycles. The van der Waals surface area contributed by atoms with E-state index < -0.39 is 0 Å². The minimum atomic E-state index is 0.